The number of amides is 3. The van der Waals surface area contributed by atoms with Gasteiger partial charge in [-0.05, 0) is 17.7 Å². The summed E-state index contributed by atoms with van der Waals surface area (Å²) in [5.41, 5.74) is -0.412. The van der Waals surface area contributed by atoms with Crippen molar-refractivity contribution in [1.82, 2.24) is 20.2 Å². The number of alkyl halides is 3. The first-order valence-corrected chi connectivity index (χ1v) is 6.90. The Morgan fingerprint density at radius 2 is 2.00 bits per heavy atom. The number of halogens is 3. The lowest BCUT2D eigenvalue weighted by molar-refractivity contribution is -0.137. The van der Waals surface area contributed by atoms with E-state index in [1.807, 2.05) is 0 Å². The van der Waals surface area contributed by atoms with E-state index in [2.05, 4.69) is 15.3 Å². The fourth-order valence-electron chi connectivity index (χ4n) is 2.36. The summed E-state index contributed by atoms with van der Waals surface area (Å²) in [4.78, 5) is 33.1. The molecule has 124 valence electrons. The van der Waals surface area contributed by atoms with Crippen molar-refractivity contribution in [3.63, 3.8) is 0 Å². The fourth-order valence-corrected chi connectivity index (χ4v) is 2.36. The molecular formula is C15H11F3N4O2. The van der Waals surface area contributed by atoms with E-state index in [-0.39, 0.29) is 12.1 Å². The monoisotopic (exact) mass is 336 g/mol. The van der Waals surface area contributed by atoms with Crippen LogP contribution in [0.1, 0.15) is 22.9 Å². The Balaban J connectivity index is 1.84. The third-order valence-corrected chi connectivity index (χ3v) is 3.51. The van der Waals surface area contributed by atoms with Gasteiger partial charge in [0, 0.05) is 12.4 Å². The Morgan fingerprint density at radius 1 is 1.21 bits per heavy atom. The van der Waals surface area contributed by atoms with E-state index in [1.165, 1.54) is 30.7 Å². The predicted octanol–water partition coefficient (Wildman–Crippen LogP) is 2.29. The zero-order valence-electron chi connectivity index (χ0n) is 12.1. The standard InChI is InChI=1S/C15H11F3N4O2/c16-15(17,18)10-3-1-2-9(6-10)12-13(23)22(14(24)21-12)8-11-7-19-4-5-20-11/h1-7,12H,8H2,(H,21,24). The van der Waals surface area contributed by atoms with Crippen LogP contribution in [0.15, 0.2) is 42.9 Å². The molecule has 1 saturated heterocycles. The molecule has 24 heavy (non-hydrogen) atoms. The van der Waals surface area contributed by atoms with Crippen molar-refractivity contribution in [3.8, 4) is 0 Å². The van der Waals surface area contributed by atoms with Crippen LogP contribution in [0.2, 0.25) is 0 Å². The van der Waals surface area contributed by atoms with Crippen molar-refractivity contribution >= 4 is 11.9 Å². The molecule has 6 nitrogen and oxygen atoms in total. The van der Waals surface area contributed by atoms with Gasteiger partial charge in [0.15, 0.2) is 0 Å². The molecule has 0 aliphatic carbocycles. The van der Waals surface area contributed by atoms with E-state index >= 15 is 0 Å². The fraction of sp³-hybridized carbons (Fsp3) is 0.200. The first-order chi connectivity index (χ1) is 11.4. The Hall–Kier alpha value is -2.97. The Kier molecular flexibility index (Phi) is 3.92. The van der Waals surface area contributed by atoms with Crippen LogP contribution in [0.5, 0.6) is 0 Å². The van der Waals surface area contributed by atoms with Crippen molar-refractivity contribution in [2.24, 2.45) is 0 Å². The van der Waals surface area contributed by atoms with E-state index in [9.17, 15) is 22.8 Å². The van der Waals surface area contributed by atoms with Gasteiger partial charge in [-0.15, -0.1) is 0 Å². The summed E-state index contributed by atoms with van der Waals surface area (Å²) < 4.78 is 38.4. The van der Waals surface area contributed by atoms with Crippen molar-refractivity contribution in [1.29, 1.82) is 0 Å². The Bertz CT molecular complexity index is 780. The number of aromatic nitrogens is 2. The minimum atomic E-state index is -4.53. The quantitative estimate of drug-likeness (QED) is 0.873. The summed E-state index contributed by atoms with van der Waals surface area (Å²) in [6.45, 7) is -0.103. The third kappa shape index (κ3) is 3.05. The highest BCUT2D eigenvalue weighted by atomic mass is 19.4. The topological polar surface area (TPSA) is 75.2 Å². The lowest BCUT2D eigenvalue weighted by Gasteiger charge is -2.13. The molecule has 1 aliphatic heterocycles. The summed E-state index contributed by atoms with van der Waals surface area (Å²) in [5, 5.41) is 2.39. The number of carbonyl (C=O) groups is 2. The van der Waals surface area contributed by atoms with Gasteiger partial charge < -0.3 is 5.32 Å². The van der Waals surface area contributed by atoms with E-state index in [0.29, 0.717) is 5.69 Å². The number of carbonyl (C=O) groups excluding carboxylic acids is 2. The van der Waals surface area contributed by atoms with Crippen molar-refractivity contribution < 1.29 is 22.8 Å². The molecule has 2 heterocycles. The largest absolute Gasteiger partial charge is 0.416 e. The number of nitrogens with zero attached hydrogens (tertiary/aromatic N) is 3. The third-order valence-electron chi connectivity index (χ3n) is 3.51. The van der Waals surface area contributed by atoms with Gasteiger partial charge in [0.1, 0.15) is 6.04 Å². The van der Waals surface area contributed by atoms with Crippen LogP contribution in [-0.2, 0) is 17.5 Å². The van der Waals surface area contributed by atoms with Crippen molar-refractivity contribution in [2.75, 3.05) is 0 Å². The number of hydrogen-bond donors (Lipinski definition) is 1. The Morgan fingerprint density at radius 3 is 2.67 bits per heavy atom. The summed E-state index contributed by atoms with van der Waals surface area (Å²) in [6, 6.07) is 2.48. The van der Waals surface area contributed by atoms with E-state index in [4.69, 9.17) is 0 Å². The van der Waals surface area contributed by atoms with Gasteiger partial charge in [0.05, 0.1) is 24.0 Å². The van der Waals surface area contributed by atoms with Crippen LogP contribution >= 0.6 is 0 Å². The predicted molar refractivity (Wildman–Crippen MR) is 75.3 cm³/mol. The van der Waals surface area contributed by atoms with Crippen molar-refractivity contribution in [2.45, 2.75) is 18.8 Å². The molecule has 0 spiro atoms. The van der Waals surface area contributed by atoms with E-state index < -0.39 is 29.7 Å². The van der Waals surface area contributed by atoms with E-state index in [0.717, 1.165) is 17.0 Å². The number of hydrogen-bond acceptors (Lipinski definition) is 4. The summed E-state index contributed by atoms with van der Waals surface area (Å²) in [7, 11) is 0. The lowest BCUT2D eigenvalue weighted by atomic mass is 10.0. The van der Waals surface area contributed by atoms with Crippen LogP contribution in [0, 0.1) is 0 Å². The molecular weight excluding hydrogens is 325 g/mol. The zero-order valence-corrected chi connectivity index (χ0v) is 12.1. The molecule has 2 aromatic rings. The number of rotatable bonds is 3. The highest BCUT2D eigenvalue weighted by Crippen LogP contribution is 2.32. The normalized spacial score (nSPS) is 18.0. The van der Waals surface area contributed by atoms with Crippen LogP contribution in [-0.4, -0.2) is 26.8 Å². The molecule has 0 bridgehead atoms. The first kappa shape index (κ1) is 15.9. The lowest BCUT2D eigenvalue weighted by Crippen LogP contribution is -2.30. The molecule has 1 atom stereocenters. The zero-order chi connectivity index (χ0) is 17.3. The van der Waals surface area contributed by atoms with Gasteiger partial charge in [0.25, 0.3) is 5.91 Å². The minimum absolute atomic E-state index is 0.0739. The van der Waals surface area contributed by atoms with Gasteiger partial charge in [-0.25, -0.2) is 4.79 Å². The molecule has 0 radical (unpaired) electrons. The second-order valence-electron chi connectivity index (χ2n) is 5.13. The molecule has 1 aliphatic rings. The highest BCUT2D eigenvalue weighted by Gasteiger charge is 2.40. The van der Waals surface area contributed by atoms with E-state index in [1.54, 1.807) is 0 Å². The van der Waals surface area contributed by atoms with Crippen LogP contribution < -0.4 is 5.32 Å². The maximum atomic E-state index is 12.8. The number of nitrogens with one attached hydrogen (secondary N) is 1. The molecule has 3 rings (SSSR count). The van der Waals surface area contributed by atoms with Crippen LogP contribution in [0.4, 0.5) is 18.0 Å². The smallest absolute Gasteiger partial charge is 0.322 e. The van der Waals surface area contributed by atoms with Gasteiger partial charge in [0.2, 0.25) is 0 Å². The molecule has 3 amide bonds. The molecule has 1 aromatic carbocycles. The number of benzene rings is 1. The summed E-state index contributed by atoms with van der Waals surface area (Å²) in [6.07, 6.45) is -0.266. The Labute approximate surface area is 134 Å². The van der Waals surface area contributed by atoms with Gasteiger partial charge >= 0.3 is 12.2 Å². The van der Waals surface area contributed by atoms with Crippen molar-refractivity contribution in [3.05, 3.63) is 59.7 Å². The second kappa shape index (κ2) is 5.91. The molecule has 1 unspecified atom stereocenters. The number of imide groups is 1. The molecule has 1 fully saturated rings. The molecule has 9 heteroatoms. The van der Waals surface area contributed by atoms with Gasteiger partial charge in [-0.2, -0.15) is 13.2 Å². The average molecular weight is 336 g/mol. The molecule has 1 N–H and O–H groups in total. The second-order valence-corrected chi connectivity index (χ2v) is 5.13. The maximum absolute atomic E-state index is 12.8. The minimum Gasteiger partial charge on any atom is -0.322 e. The van der Waals surface area contributed by atoms with Gasteiger partial charge in [-0.3, -0.25) is 19.7 Å². The van der Waals surface area contributed by atoms with Gasteiger partial charge in [-0.1, -0.05) is 12.1 Å². The molecule has 1 aromatic heterocycles. The average Bonchev–Trinajstić information content (AvgIpc) is 2.83. The first-order valence-electron chi connectivity index (χ1n) is 6.90. The SMILES string of the molecule is O=C1NC(c2cccc(C(F)(F)F)c2)C(=O)N1Cc1cnccn1. The summed E-state index contributed by atoms with van der Waals surface area (Å²) in [5.74, 6) is -0.634. The molecule has 0 saturated carbocycles. The van der Waals surface area contributed by atoms with Crippen LogP contribution in [0.25, 0.3) is 0 Å². The highest BCUT2D eigenvalue weighted by molar-refractivity contribution is 6.04. The summed E-state index contributed by atoms with van der Waals surface area (Å²) >= 11 is 0. The maximum Gasteiger partial charge on any atom is 0.416 e. The number of urea groups is 1. The van der Waals surface area contributed by atoms with Crippen LogP contribution in [0.3, 0.4) is 0 Å².